The van der Waals surface area contributed by atoms with E-state index in [0.29, 0.717) is 5.69 Å². The third-order valence-electron chi connectivity index (χ3n) is 2.58. The summed E-state index contributed by atoms with van der Waals surface area (Å²) < 4.78 is 11.1. The Balaban J connectivity index is 3.19. The quantitative estimate of drug-likeness (QED) is 0.742. The van der Waals surface area contributed by atoms with Crippen LogP contribution in [0.2, 0.25) is 0 Å². The van der Waals surface area contributed by atoms with Crippen molar-refractivity contribution in [2.24, 2.45) is 5.41 Å². The lowest BCUT2D eigenvalue weighted by atomic mass is 9.93. The molecule has 0 bridgehead atoms. The number of esters is 1. The fourth-order valence-corrected chi connectivity index (χ4v) is 1.63. The molecule has 0 saturated heterocycles. The van der Waals surface area contributed by atoms with E-state index < -0.39 is 11.4 Å². The number of hydrogen-bond acceptors (Lipinski definition) is 5. The van der Waals surface area contributed by atoms with Gasteiger partial charge in [0.2, 0.25) is 0 Å². The van der Waals surface area contributed by atoms with E-state index in [4.69, 9.17) is 9.47 Å². The number of methoxy groups -OCH3 is 2. The standard InChI is InChI=1S/C12H18N2O4/c1-8-6-9(15)14(11(13-8)18-5)7-12(2,3)10(16)17-4/h6H,7H2,1-5H3. The second-order valence-corrected chi connectivity index (χ2v) is 4.68. The Bertz CT molecular complexity index is 505. The monoisotopic (exact) mass is 254 g/mol. The highest BCUT2D eigenvalue weighted by atomic mass is 16.5. The van der Waals surface area contributed by atoms with E-state index >= 15 is 0 Å². The Morgan fingerprint density at radius 3 is 2.56 bits per heavy atom. The molecule has 6 nitrogen and oxygen atoms in total. The van der Waals surface area contributed by atoms with Gasteiger partial charge in [-0.15, -0.1) is 0 Å². The number of aromatic nitrogens is 2. The molecule has 0 amide bonds. The summed E-state index contributed by atoms with van der Waals surface area (Å²) in [6.45, 7) is 5.25. The van der Waals surface area contributed by atoms with Crippen LogP contribution >= 0.6 is 0 Å². The molecule has 0 saturated carbocycles. The van der Waals surface area contributed by atoms with Crippen molar-refractivity contribution in [1.82, 2.24) is 9.55 Å². The summed E-state index contributed by atoms with van der Waals surface area (Å²) in [4.78, 5) is 27.6. The van der Waals surface area contributed by atoms with Gasteiger partial charge in [0, 0.05) is 18.3 Å². The first-order valence-corrected chi connectivity index (χ1v) is 5.52. The zero-order chi connectivity index (χ0) is 13.9. The Labute approximate surface area is 106 Å². The van der Waals surface area contributed by atoms with Gasteiger partial charge in [0.25, 0.3) is 11.6 Å². The molecule has 1 rings (SSSR count). The zero-order valence-electron chi connectivity index (χ0n) is 11.3. The normalized spacial score (nSPS) is 11.2. The van der Waals surface area contributed by atoms with E-state index in [-0.39, 0.29) is 18.1 Å². The lowest BCUT2D eigenvalue weighted by Gasteiger charge is -2.23. The van der Waals surface area contributed by atoms with Crippen LogP contribution in [0.25, 0.3) is 0 Å². The highest BCUT2D eigenvalue weighted by Crippen LogP contribution is 2.21. The van der Waals surface area contributed by atoms with Gasteiger partial charge in [-0.1, -0.05) is 0 Å². The molecule has 0 spiro atoms. The van der Waals surface area contributed by atoms with Crippen LogP contribution in [0.5, 0.6) is 6.01 Å². The summed E-state index contributed by atoms with van der Waals surface area (Å²) in [5.74, 6) is -0.392. The Kier molecular flexibility index (Phi) is 4.11. The number of carbonyl (C=O) groups excluding carboxylic acids is 1. The minimum atomic E-state index is -0.831. The van der Waals surface area contributed by atoms with Gasteiger partial charge >= 0.3 is 5.97 Å². The number of rotatable bonds is 4. The smallest absolute Gasteiger partial charge is 0.313 e. The first-order chi connectivity index (χ1) is 8.31. The van der Waals surface area contributed by atoms with Crippen molar-refractivity contribution in [3.63, 3.8) is 0 Å². The number of aryl methyl sites for hydroxylation is 1. The molecule has 0 aromatic carbocycles. The molecule has 1 aromatic rings. The van der Waals surface area contributed by atoms with Crippen LogP contribution < -0.4 is 10.3 Å². The van der Waals surface area contributed by atoms with E-state index in [2.05, 4.69) is 4.98 Å². The highest BCUT2D eigenvalue weighted by Gasteiger charge is 2.30. The van der Waals surface area contributed by atoms with Gasteiger partial charge in [0.1, 0.15) is 0 Å². The molecule has 1 aromatic heterocycles. The minimum absolute atomic E-state index is 0.148. The summed E-state index contributed by atoms with van der Waals surface area (Å²) in [5.41, 5.74) is -0.511. The molecule has 18 heavy (non-hydrogen) atoms. The molecule has 6 heteroatoms. The topological polar surface area (TPSA) is 70.4 Å². The number of carbonyl (C=O) groups is 1. The van der Waals surface area contributed by atoms with Crippen LogP contribution in [0.3, 0.4) is 0 Å². The number of hydrogen-bond donors (Lipinski definition) is 0. The second kappa shape index (κ2) is 5.20. The first-order valence-electron chi connectivity index (χ1n) is 5.52. The maximum absolute atomic E-state index is 11.9. The molecule has 0 radical (unpaired) electrons. The van der Waals surface area contributed by atoms with Crippen molar-refractivity contribution in [3.05, 3.63) is 22.1 Å². The molecule has 1 heterocycles. The Hall–Kier alpha value is -1.85. The SMILES string of the molecule is COC(=O)C(C)(C)Cn1c(OC)nc(C)cc1=O. The molecule has 0 fully saturated rings. The number of nitrogens with zero attached hydrogens (tertiary/aromatic N) is 2. The zero-order valence-corrected chi connectivity index (χ0v) is 11.3. The van der Waals surface area contributed by atoms with Crippen LogP contribution in [-0.2, 0) is 16.1 Å². The Morgan fingerprint density at radius 2 is 2.06 bits per heavy atom. The van der Waals surface area contributed by atoms with Crippen LogP contribution in [0.15, 0.2) is 10.9 Å². The largest absolute Gasteiger partial charge is 0.469 e. The second-order valence-electron chi connectivity index (χ2n) is 4.68. The highest BCUT2D eigenvalue weighted by molar-refractivity contribution is 5.75. The van der Waals surface area contributed by atoms with Gasteiger partial charge in [-0.2, -0.15) is 0 Å². The summed E-state index contributed by atoms with van der Waals surface area (Å²) in [6, 6.07) is 1.59. The lowest BCUT2D eigenvalue weighted by Crippen LogP contribution is -2.35. The summed E-state index contributed by atoms with van der Waals surface area (Å²) in [7, 11) is 2.75. The van der Waals surface area contributed by atoms with E-state index in [0.717, 1.165) is 0 Å². The third kappa shape index (κ3) is 2.88. The summed E-state index contributed by atoms with van der Waals surface area (Å²) >= 11 is 0. The van der Waals surface area contributed by atoms with Gasteiger partial charge in [-0.25, -0.2) is 4.98 Å². The minimum Gasteiger partial charge on any atom is -0.469 e. The van der Waals surface area contributed by atoms with Gasteiger partial charge in [0.05, 0.1) is 19.6 Å². The first kappa shape index (κ1) is 14.2. The Morgan fingerprint density at radius 1 is 1.44 bits per heavy atom. The molecular weight excluding hydrogens is 236 g/mol. The molecule has 100 valence electrons. The molecule has 0 N–H and O–H groups in total. The fourth-order valence-electron chi connectivity index (χ4n) is 1.63. The van der Waals surface area contributed by atoms with Crippen molar-refractivity contribution >= 4 is 5.97 Å². The van der Waals surface area contributed by atoms with Crippen molar-refractivity contribution in [2.75, 3.05) is 14.2 Å². The molecule has 0 atom stereocenters. The molecule has 0 unspecified atom stereocenters. The van der Waals surface area contributed by atoms with Crippen LogP contribution in [0, 0.1) is 12.3 Å². The van der Waals surface area contributed by atoms with Gasteiger partial charge in [0.15, 0.2) is 0 Å². The predicted octanol–water partition coefficient (Wildman–Crippen LogP) is 0.760. The lowest BCUT2D eigenvalue weighted by molar-refractivity contribution is -0.151. The van der Waals surface area contributed by atoms with Crippen molar-refractivity contribution in [3.8, 4) is 6.01 Å². The van der Waals surface area contributed by atoms with E-state index in [9.17, 15) is 9.59 Å². The van der Waals surface area contributed by atoms with Crippen LogP contribution in [-0.4, -0.2) is 29.7 Å². The average molecular weight is 254 g/mol. The summed E-state index contributed by atoms with van der Waals surface area (Å²) in [6.07, 6.45) is 0. The fraction of sp³-hybridized carbons (Fsp3) is 0.583. The van der Waals surface area contributed by atoms with Gasteiger partial charge in [-0.05, 0) is 20.8 Å². The average Bonchev–Trinajstić information content (AvgIpc) is 2.30. The van der Waals surface area contributed by atoms with Gasteiger partial charge < -0.3 is 9.47 Å². The van der Waals surface area contributed by atoms with E-state index in [1.807, 2.05) is 0 Å². The maximum atomic E-state index is 11.9. The van der Waals surface area contributed by atoms with Crippen molar-refractivity contribution in [2.45, 2.75) is 27.3 Å². The van der Waals surface area contributed by atoms with Crippen LogP contribution in [0.4, 0.5) is 0 Å². The summed E-state index contributed by atoms with van der Waals surface area (Å²) in [5, 5.41) is 0. The molecule has 0 aliphatic heterocycles. The predicted molar refractivity (Wildman–Crippen MR) is 65.6 cm³/mol. The molecule has 0 aliphatic rings. The maximum Gasteiger partial charge on any atom is 0.313 e. The third-order valence-corrected chi connectivity index (χ3v) is 2.58. The van der Waals surface area contributed by atoms with E-state index in [1.165, 1.54) is 24.9 Å². The van der Waals surface area contributed by atoms with Gasteiger partial charge in [-0.3, -0.25) is 14.2 Å². The van der Waals surface area contributed by atoms with Crippen molar-refractivity contribution < 1.29 is 14.3 Å². The van der Waals surface area contributed by atoms with E-state index in [1.54, 1.807) is 20.8 Å². The number of ether oxygens (including phenoxy) is 2. The molecular formula is C12H18N2O4. The molecule has 0 aliphatic carbocycles. The van der Waals surface area contributed by atoms with Crippen LogP contribution in [0.1, 0.15) is 19.5 Å². The van der Waals surface area contributed by atoms with Crippen molar-refractivity contribution in [1.29, 1.82) is 0 Å².